The molecular weight excluding hydrogens is 384 g/mol. The molecule has 0 aromatic heterocycles. The van der Waals surface area contributed by atoms with Crippen LogP contribution in [0.2, 0.25) is 0 Å². The van der Waals surface area contributed by atoms with Gasteiger partial charge < -0.3 is 20.7 Å². The van der Waals surface area contributed by atoms with Crippen molar-refractivity contribution in [3.63, 3.8) is 0 Å². The lowest BCUT2D eigenvalue weighted by Gasteiger charge is -2.44. The van der Waals surface area contributed by atoms with Gasteiger partial charge in [-0.25, -0.2) is 0 Å². The Morgan fingerprint density at radius 3 is 2.20 bits per heavy atom. The van der Waals surface area contributed by atoms with E-state index in [2.05, 4.69) is 10.6 Å². The lowest BCUT2D eigenvalue weighted by atomic mass is 9.68. The fraction of sp³-hybridized carbons (Fsp3) is 0.591. The predicted molar refractivity (Wildman–Crippen MR) is 113 cm³/mol. The summed E-state index contributed by atoms with van der Waals surface area (Å²) >= 11 is 0. The standard InChI is InChI=1S/C22H30N4O4/c23-21(28)20(25-19(14-3-1-4-14)15-5-2-6-15)22(29)24-16-7-9-17(10-8-16)26-11-12-30-13-18(26)27/h7-10,14-15,19-20,25H,1-6,11-13H2,(H2,23,28)(H,24,29)/t20-/m0/s1. The summed E-state index contributed by atoms with van der Waals surface area (Å²) in [5.74, 6) is -0.146. The number of rotatable bonds is 8. The highest BCUT2D eigenvalue weighted by molar-refractivity contribution is 6.09. The number of nitrogens with one attached hydrogen (secondary N) is 2. The number of primary amides is 1. The Balaban J connectivity index is 1.40. The molecule has 30 heavy (non-hydrogen) atoms. The van der Waals surface area contributed by atoms with E-state index in [0.29, 0.717) is 30.7 Å². The first-order valence-electron chi connectivity index (χ1n) is 10.9. The van der Waals surface area contributed by atoms with Crippen LogP contribution < -0.4 is 21.3 Å². The number of nitrogens with zero attached hydrogens (tertiary/aromatic N) is 1. The Kier molecular flexibility index (Phi) is 6.34. The maximum atomic E-state index is 12.8. The van der Waals surface area contributed by atoms with Crippen molar-refractivity contribution in [3.8, 4) is 0 Å². The van der Waals surface area contributed by atoms with Gasteiger partial charge in [-0.1, -0.05) is 12.8 Å². The molecule has 8 nitrogen and oxygen atoms in total. The molecule has 2 saturated carbocycles. The number of hydrogen-bond acceptors (Lipinski definition) is 5. The van der Waals surface area contributed by atoms with Gasteiger partial charge in [-0.2, -0.15) is 0 Å². The normalized spacial score (nSPS) is 21.1. The monoisotopic (exact) mass is 414 g/mol. The molecule has 2 aliphatic carbocycles. The summed E-state index contributed by atoms with van der Waals surface area (Å²) in [6.07, 6.45) is 6.99. The van der Waals surface area contributed by atoms with Gasteiger partial charge in [-0.3, -0.25) is 19.7 Å². The van der Waals surface area contributed by atoms with Crippen molar-refractivity contribution in [1.29, 1.82) is 0 Å². The average molecular weight is 415 g/mol. The number of ether oxygens (including phenoxy) is 1. The molecule has 8 heteroatoms. The minimum Gasteiger partial charge on any atom is -0.370 e. The molecule has 1 aliphatic heterocycles. The Labute approximate surface area is 176 Å². The smallest absolute Gasteiger partial charge is 0.253 e. The van der Waals surface area contributed by atoms with Crippen LogP contribution in [0.4, 0.5) is 11.4 Å². The summed E-state index contributed by atoms with van der Waals surface area (Å²) in [4.78, 5) is 38.5. The number of anilines is 2. The molecule has 0 unspecified atom stereocenters. The quantitative estimate of drug-likeness (QED) is 0.557. The minimum atomic E-state index is -1.06. The number of benzene rings is 1. The van der Waals surface area contributed by atoms with Gasteiger partial charge in [0.15, 0.2) is 6.04 Å². The van der Waals surface area contributed by atoms with Crippen LogP contribution >= 0.6 is 0 Å². The zero-order chi connectivity index (χ0) is 21.1. The molecule has 3 aliphatic rings. The SMILES string of the molecule is NC(=O)[C@H](NC(C1CCC1)C1CCC1)C(=O)Nc1ccc(N2CCOCC2=O)cc1. The van der Waals surface area contributed by atoms with Gasteiger partial charge >= 0.3 is 0 Å². The third-order valence-electron chi connectivity index (χ3n) is 6.65. The lowest BCUT2D eigenvalue weighted by Crippen LogP contribution is -2.58. The van der Waals surface area contributed by atoms with E-state index in [4.69, 9.17) is 10.5 Å². The van der Waals surface area contributed by atoms with Gasteiger partial charge in [0.05, 0.1) is 6.61 Å². The average Bonchev–Trinajstić information content (AvgIpc) is 2.64. The number of nitrogens with two attached hydrogens (primary N) is 1. The summed E-state index contributed by atoms with van der Waals surface area (Å²) in [5.41, 5.74) is 6.89. The zero-order valence-electron chi connectivity index (χ0n) is 17.1. The molecular formula is C22H30N4O4. The van der Waals surface area contributed by atoms with E-state index < -0.39 is 17.9 Å². The van der Waals surface area contributed by atoms with Crippen molar-refractivity contribution < 1.29 is 19.1 Å². The van der Waals surface area contributed by atoms with Crippen molar-refractivity contribution in [1.82, 2.24) is 5.32 Å². The van der Waals surface area contributed by atoms with E-state index in [-0.39, 0.29) is 18.6 Å². The molecule has 0 bridgehead atoms. The molecule has 4 N–H and O–H groups in total. The predicted octanol–water partition coefficient (Wildman–Crippen LogP) is 1.40. The molecule has 3 amide bonds. The van der Waals surface area contributed by atoms with Crippen LogP contribution in [-0.4, -0.2) is 49.6 Å². The van der Waals surface area contributed by atoms with Gasteiger partial charge in [-0.05, 0) is 61.8 Å². The molecule has 162 valence electrons. The van der Waals surface area contributed by atoms with E-state index in [1.54, 1.807) is 29.2 Å². The van der Waals surface area contributed by atoms with E-state index in [9.17, 15) is 14.4 Å². The molecule has 1 atom stereocenters. The molecule has 0 spiro atoms. The van der Waals surface area contributed by atoms with E-state index in [1.807, 2.05) is 0 Å². The van der Waals surface area contributed by atoms with Crippen LogP contribution in [0.15, 0.2) is 24.3 Å². The van der Waals surface area contributed by atoms with Crippen molar-refractivity contribution in [2.45, 2.75) is 50.6 Å². The zero-order valence-corrected chi connectivity index (χ0v) is 17.1. The number of morpholine rings is 1. The van der Waals surface area contributed by atoms with E-state index >= 15 is 0 Å². The van der Waals surface area contributed by atoms with Crippen LogP contribution in [0.5, 0.6) is 0 Å². The van der Waals surface area contributed by atoms with Gasteiger partial charge in [0.2, 0.25) is 5.91 Å². The Hall–Kier alpha value is -2.45. The number of carbonyl (C=O) groups excluding carboxylic acids is 3. The minimum absolute atomic E-state index is 0.0770. The molecule has 1 saturated heterocycles. The first-order valence-corrected chi connectivity index (χ1v) is 10.9. The summed E-state index contributed by atoms with van der Waals surface area (Å²) in [6, 6.07) is 6.11. The highest BCUT2D eigenvalue weighted by Gasteiger charge is 2.39. The van der Waals surface area contributed by atoms with Crippen molar-refractivity contribution in [3.05, 3.63) is 24.3 Å². The van der Waals surface area contributed by atoms with Crippen molar-refractivity contribution in [2.75, 3.05) is 30.0 Å². The summed E-state index contributed by atoms with van der Waals surface area (Å²) in [6.45, 7) is 1.08. The molecule has 3 fully saturated rings. The Morgan fingerprint density at radius 2 is 1.70 bits per heavy atom. The largest absolute Gasteiger partial charge is 0.370 e. The Morgan fingerprint density at radius 1 is 1.07 bits per heavy atom. The maximum Gasteiger partial charge on any atom is 0.253 e. The molecule has 1 aromatic rings. The second kappa shape index (κ2) is 9.14. The second-order valence-corrected chi connectivity index (χ2v) is 8.54. The van der Waals surface area contributed by atoms with Gasteiger partial charge in [0.25, 0.3) is 11.8 Å². The van der Waals surface area contributed by atoms with Gasteiger partial charge in [0, 0.05) is 24.0 Å². The van der Waals surface area contributed by atoms with Crippen molar-refractivity contribution in [2.24, 2.45) is 17.6 Å². The van der Waals surface area contributed by atoms with E-state index in [0.717, 1.165) is 31.4 Å². The molecule has 0 radical (unpaired) electrons. The second-order valence-electron chi connectivity index (χ2n) is 8.54. The molecule has 1 aromatic carbocycles. The number of amides is 3. The third-order valence-corrected chi connectivity index (χ3v) is 6.65. The topological polar surface area (TPSA) is 114 Å². The summed E-state index contributed by atoms with van der Waals surface area (Å²) in [5, 5.41) is 6.08. The van der Waals surface area contributed by atoms with Crippen LogP contribution in [-0.2, 0) is 19.1 Å². The Bertz CT molecular complexity index is 775. The van der Waals surface area contributed by atoms with Crippen molar-refractivity contribution >= 4 is 29.1 Å². The molecule has 4 rings (SSSR count). The van der Waals surface area contributed by atoms with Crippen LogP contribution in [0.3, 0.4) is 0 Å². The third kappa shape index (κ3) is 4.49. The van der Waals surface area contributed by atoms with Crippen LogP contribution in [0.1, 0.15) is 38.5 Å². The van der Waals surface area contributed by atoms with Crippen LogP contribution in [0.25, 0.3) is 0 Å². The van der Waals surface area contributed by atoms with Gasteiger partial charge in [0.1, 0.15) is 6.61 Å². The fourth-order valence-electron chi connectivity index (χ4n) is 4.46. The highest BCUT2D eigenvalue weighted by Crippen LogP contribution is 2.40. The number of hydrogen-bond donors (Lipinski definition) is 3. The highest BCUT2D eigenvalue weighted by atomic mass is 16.5. The summed E-state index contributed by atoms with van der Waals surface area (Å²) < 4.78 is 5.15. The van der Waals surface area contributed by atoms with Gasteiger partial charge in [-0.15, -0.1) is 0 Å². The first-order chi connectivity index (χ1) is 14.5. The first kappa shape index (κ1) is 20.8. The van der Waals surface area contributed by atoms with E-state index in [1.165, 1.54) is 12.8 Å². The summed E-state index contributed by atoms with van der Waals surface area (Å²) in [7, 11) is 0. The fourth-order valence-corrected chi connectivity index (χ4v) is 4.46. The molecule has 1 heterocycles. The maximum absolute atomic E-state index is 12.8. The number of carbonyl (C=O) groups is 3. The van der Waals surface area contributed by atoms with Crippen LogP contribution in [0, 0.1) is 11.8 Å². The lowest BCUT2D eigenvalue weighted by molar-refractivity contribution is -0.129.